The van der Waals surface area contributed by atoms with Gasteiger partial charge in [-0.05, 0) is 52.8 Å². The van der Waals surface area contributed by atoms with Gasteiger partial charge in [0.1, 0.15) is 0 Å². The maximum atomic E-state index is 10.9. The Kier molecular flexibility index (Phi) is 14.0. The predicted octanol–water partition coefficient (Wildman–Crippen LogP) is 4.02. The van der Waals surface area contributed by atoms with E-state index in [1.807, 2.05) is 30.5 Å². The van der Waals surface area contributed by atoms with E-state index in [4.69, 9.17) is 0 Å². The maximum absolute atomic E-state index is 10.9. The van der Waals surface area contributed by atoms with E-state index in [0.29, 0.717) is 6.42 Å². The average molecular weight is 377 g/mol. The first-order valence-corrected chi connectivity index (χ1v) is 9.90. The highest BCUT2D eigenvalue weighted by molar-refractivity contribution is 5.77. The predicted molar refractivity (Wildman–Crippen MR) is 114 cm³/mol. The fraction of sp³-hybridized carbons (Fsp3) is 0.545. The summed E-state index contributed by atoms with van der Waals surface area (Å²) < 4.78 is 5.79. The Morgan fingerprint density at radius 2 is 1.59 bits per heavy atom. The van der Waals surface area contributed by atoms with E-state index in [1.165, 1.54) is 50.2 Å². The lowest BCUT2D eigenvalue weighted by Gasteiger charge is -2.35. The van der Waals surface area contributed by atoms with Crippen LogP contribution in [0.4, 0.5) is 0 Å². The van der Waals surface area contributed by atoms with Crippen LogP contribution in [-0.2, 0) is 9.53 Å². The molecule has 5 heteroatoms. The van der Waals surface area contributed by atoms with E-state index in [1.54, 1.807) is 0 Å². The number of benzene rings is 1. The zero-order valence-electron chi connectivity index (χ0n) is 17.8. The van der Waals surface area contributed by atoms with Gasteiger partial charge in [0.15, 0.2) is 0 Å². The number of pyridine rings is 1. The van der Waals surface area contributed by atoms with Crippen LogP contribution in [0.15, 0.2) is 42.6 Å². The molecule has 0 radical (unpaired) electrons. The number of quaternary nitrogens is 1. The number of nitrogens with zero attached hydrogens (tertiary/aromatic N) is 2. The van der Waals surface area contributed by atoms with Crippen molar-refractivity contribution in [3.63, 3.8) is 0 Å². The summed E-state index contributed by atoms with van der Waals surface area (Å²) in [7, 11) is 2.95. The highest BCUT2D eigenvalue weighted by atomic mass is 16.5. The standard InChI is InChI=1S/C12H26NO2.C9H7N.CH5N/c1-5-13(6-2,7-3)11-9-8-10-12(14)15-4;1-2-6-9-8(4-1)5-3-7-10-9;1-2/h5-11H2,1-4H3;1-7H;2H2,1H3/q+1;;. The van der Waals surface area contributed by atoms with Crippen molar-refractivity contribution in [1.29, 1.82) is 0 Å². The van der Waals surface area contributed by atoms with Crippen LogP contribution in [0, 0.1) is 0 Å². The quantitative estimate of drug-likeness (QED) is 0.429. The molecule has 1 heterocycles. The Morgan fingerprint density at radius 3 is 2.15 bits per heavy atom. The van der Waals surface area contributed by atoms with Crippen molar-refractivity contribution in [2.75, 3.05) is 40.3 Å². The van der Waals surface area contributed by atoms with Gasteiger partial charge in [-0.25, -0.2) is 0 Å². The number of hydrogen-bond donors (Lipinski definition) is 1. The molecule has 2 aromatic rings. The van der Waals surface area contributed by atoms with Gasteiger partial charge >= 0.3 is 5.97 Å². The normalized spacial score (nSPS) is 10.3. The number of carbonyl (C=O) groups is 1. The van der Waals surface area contributed by atoms with Crippen LogP contribution >= 0.6 is 0 Å². The van der Waals surface area contributed by atoms with Crippen LogP contribution in [0.3, 0.4) is 0 Å². The van der Waals surface area contributed by atoms with Gasteiger partial charge in [-0.15, -0.1) is 0 Å². The van der Waals surface area contributed by atoms with Gasteiger partial charge in [-0.3, -0.25) is 9.78 Å². The number of ether oxygens (including phenoxy) is 1. The molecule has 0 saturated carbocycles. The minimum absolute atomic E-state index is 0.0856. The smallest absolute Gasteiger partial charge is 0.305 e. The van der Waals surface area contributed by atoms with Gasteiger partial charge in [0.25, 0.3) is 0 Å². The molecular weight excluding hydrogens is 338 g/mol. The minimum Gasteiger partial charge on any atom is -0.469 e. The number of fused-ring (bicyclic) bond motifs is 1. The highest BCUT2D eigenvalue weighted by Crippen LogP contribution is 2.10. The van der Waals surface area contributed by atoms with Gasteiger partial charge in [0, 0.05) is 18.0 Å². The summed E-state index contributed by atoms with van der Waals surface area (Å²) in [6, 6.07) is 12.1. The molecule has 0 aliphatic carbocycles. The number of carbonyl (C=O) groups excluding carboxylic acids is 1. The molecule has 0 saturated heterocycles. The van der Waals surface area contributed by atoms with Crippen molar-refractivity contribution in [3.05, 3.63) is 42.6 Å². The molecule has 2 rings (SSSR count). The number of esters is 1. The van der Waals surface area contributed by atoms with Crippen LogP contribution in [0.25, 0.3) is 10.9 Å². The summed E-state index contributed by atoms with van der Waals surface area (Å²) >= 11 is 0. The zero-order chi connectivity index (χ0) is 20.5. The summed E-state index contributed by atoms with van der Waals surface area (Å²) in [4.78, 5) is 15.1. The third-order valence-electron chi connectivity index (χ3n) is 5.02. The Labute approximate surface area is 165 Å². The van der Waals surface area contributed by atoms with E-state index >= 15 is 0 Å². The monoisotopic (exact) mass is 376 g/mol. The molecule has 152 valence electrons. The zero-order valence-corrected chi connectivity index (χ0v) is 17.8. The lowest BCUT2D eigenvalue weighted by Crippen LogP contribution is -2.48. The number of unbranched alkanes of at least 4 members (excludes halogenated alkanes) is 1. The number of rotatable bonds is 8. The second-order valence-corrected chi connectivity index (χ2v) is 6.24. The first kappa shape index (κ1) is 25.0. The second-order valence-electron chi connectivity index (χ2n) is 6.24. The van der Waals surface area contributed by atoms with Crippen molar-refractivity contribution in [2.24, 2.45) is 5.73 Å². The first-order valence-electron chi connectivity index (χ1n) is 9.90. The molecule has 0 aliphatic rings. The number of hydrogen-bond acceptors (Lipinski definition) is 4. The van der Waals surface area contributed by atoms with Gasteiger partial charge in [0.05, 0.1) is 38.8 Å². The van der Waals surface area contributed by atoms with Gasteiger partial charge < -0.3 is 15.0 Å². The van der Waals surface area contributed by atoms with Gasteiger partial charge in [-0.1, -0.05) is 24.3 Å². The maximum Gasteiger partial charge on any atom is 0.305 e. The van der Waals surface area contributed by atoms with E-state index in [9.17, 15) is 4.79 Å². The molecule has 0 fully saturated rings. The first-order chi connectivity index (χ1) is 13.1. The molecule has 2 N–H and O–H groups in total. The SMILES string of the molecule is CC[N+](CC)(CC)CCCCC(=O)OC.CN.c1ccc2ncccc2c1. The molecular formula is C22H38N3O2+. The van der Waals surface area contributed by atoms with Gasteiger partial charge in [0.2, 0.25) is 0 Å². The minimum atomic E-state index is -0.0856. The highest BCUT2D eigenvalue weighted by Gasteiger charge is 2.19. The van der Waals surface area contributed by atoms with Crippen LogP contribution in [0.5, 0.6) is 0 Å². The summed E-state index contributed by atoms with van der Waals surface area (Å²) in [5.74, 6) is -0.0856. The molecule has 0 amide bonds. The van der Waals surface area contributed by atoms with Crippen molar-refractivity contribution in [1.82, 2.24) is 4.98 Å². The van der Waals surface area contributed by atoms with E-state index in [0.717, 1.165) is 18.4 Å². The number of methoxy groups -OCH3 is 1. The summed E-state index contributed by atoms with van der Waals surface area (Å²) in [5, 5.41) is 1.20. The fourth-order valence-corrected chi connectivity index (χ4v) is 2.98. The molecule has 0 spiro atoms. The van der Waals surface area contributed by atoms with Crippen molar-refractivity contribution in [3.8, 4) is 0 Å². The van der Waals surface area contributed by atoms with Crippen LogP contribution in [-0.4, -0.2) is 55.8 Å². The molecule has 1 aromatic carbocycles. The molecule has 1 aromatic heterocycles. The van der Waals surface area contributed by atoms with Gasteiger partial charge in [-0.2, -0.15) is 0 Å². The van der Waals surface area contributed by atoms with Crippen LogP contribution in [0.1, 0.15) is 40.0 Å². The molecule has 0 aliphatic heterocycles. The number of para-hydroxylation sites is 1. The number of nitrogens with two attached hydrogens (primary N) is 1. The van der Waals surface area contributed by atoms with E-state index in [-0.39, 0.29) is 5.97 Å². The third-order valence-corrected chi connectivity index (χ3v) is 5.02. The Bertz CT molecular complexity index is 554. The molecule has 5 nitrogen and oxygen atoms in total. The molecule has 0 unspecified atom stereocenters. The summed E-state index contributed by atoms with van der Waals surface area (Å²) in [6.45, 7) is 11.5. The Morgan fingerprint density at radius 1 is 1.00 bits per heavy atom. The largest absolute Gasteiger partial charge is 0.469 e. The molecule has 27 heavy (non-hydrogen) atoms. The van der Waals surface area contributed by atoms with Crippen LogP contribution < -0.4 is 5.73 Å². The van der Waals surface area contributed by atoms with Crippen molar-refractivity contribution >= 4 is 16.9 Å². The fourth-order valence-electron chi connectivity index (χ4n) is 2.98. The van der Waals surface area contributed by atoms with Crippen molar-refractivity contribution in [2.45, 2.75) is 40.0 Å². The van der Waals surface area contributed by atoms with Crippen molar-refractivity contribution < 1.29 is 14.0 Å². The molecule has 0 bridgehead atoms. The van der Waals surface area contributed by atoms with E-state index < -0.39 is 0 Å². The number of aromatic nitrogens is 1. The lowest BCUT2D eigenvalue weighted by molar-refractivity contribution is -0.923. The lowest BCUT2D eigenvalue weighted by atomic mass is 10.2. The summed E-state index contributed by atoms with van der Waals surface area (Å²) in [6.07, 6.45) is 4.44. The Balaban J connectivity index is 0.000000482. The average Bonchev–Trinajstić information content (AvgIpc) is 2.76. The van der Waals surface area contributed by atoms with Crippen LogP contribution in [0.2, 0.25) is 0 Å². The summed E-state index contributed by atoms with van der Waals surface area (Å²) in [5.41, 5.74) is 5.56. The second kappa shape index (κ2) is 15.1. The Hall–Kier alpha value is -1.98. The van der Waals surface area contributed by atoms with E-state index in [2.05, 4.69) is 48.4 Å². The third kappa shape index (κ3) is 9.50. The topological polar surface area (TPSA) is 65.2 Å². The molecule has 0 atom stereocenters.